The van der Waals surface area contributed by atoms with Crippen molar-refractivity contribution in [1.82, 2.24) is 10.2 Å². The molecule has 1 aliphatic rings. The smallest absolute Gasteiger partial charge is 0.258 e. The Labute approximate surface area is 114 Å². The molecule has 106 valence electrons. The molecule has 7 nitrogen and oxygen atoms in total. The number of hydrogen-bond donors (Lipinski definition) is 3. The molecule has 1 heterocycles. The fourth-order valence-electron chi connectivity index (χ4n) is 2.14. The maximum atomic E-state index is 12.3. The first-order chi connectivity index (χ1) is 9.43. The first kappa shape index (κ1) is 13.9. The molecule has 0 saturated carbocycles. The molecule has 3 N–H and O–H groups in total. The number of phenolic OH excluding ortho intramolecular Hbond substituents is 2. The number of nitrogens with one attached hydrogen (secondary N) is 1. The predicted molar refractivity (Wildman–Crippen MR) is 68.0 cm³/mol. The van der Waals surface area contributed by atoms with Crippen LogP contribution in [0.3, 0.4) is 0 Å². The van der Waals surface area contributed by atoms with Crippen LogP contribution in [0.5, 0.6) is 11.5 Å². The molecular formula is C13H14N2O5. The van der Waals surface area contributed by atoms with Gasteiger partial charge in [-0.1, -0.05) is 6.92 Å². The number of imide groups is 1. The summed E-state index contributed by atoms with van der Waals surface area (Å²) in [6, 6.07) is 2.77. The monoisotopic (exact) mass is 278 g/mol. The first-order valence-electron chi connectivity index (χ1n) is 6.10. The highest BCUT2D eigenvalue weighted by atomic mass is 16.3. The number of aromatic hydroxyl groups is 2. The standard InChI is InChI=1S/C13H14N2O5/c1-2-9-12(19)14-11(18)6-15(9)13(20)8-4-3-7(16)5-10(8)17/h3-5,9,16-17H,2,6H2,1H3,(H,14,18,19). The number of carbonyl (C=O) groups is 3. The van der Waals surface area contributed by atoms with Crippen molar-refractivity contribution in [2.75, 3.05) is 6.54 Å². The van der Waals surface area contributed by atoms with Gasteiger partial charge >= 0.3 is 0 Å². The van der Waals surface area contributed by atoms with Crippen molar-refractivity contribution in [1.29, 1.82) is 0 Å². The van der Waals surface area contributed by atoms with Crippen molar-refractivity contribution in [3.63, 3.8) is 0 Å². The highest BCUT2D eigenvalue weighted by Crippen LogP contribution is 2.25. The van der Waals surface area contributed by atoms with E-state index in [9.17, 15) is 24.6 Å². The highest BCUT2D eigenvalue weighted by Gasteiger charge is 2.36. The maximum absolute atomic E-state index is 12.3. The molecule has 3 amide bonds. The van der Waals surface area contributed by atoms with Crippen molar-refractivity contribution in [3.05, 3.63) is 23.8 Å². The third-order valence-electron chi connectivity index (χ3n) is 3.11. The van der Waals surface area contributed by atoms with Gasteiger partial charge in [0.1, 0.15) is 24.1 Å². The largest absolute Gasteiger partial charge is 0.508 e. The Balaban J connectivity index is 2.34. The summed E-state index contributed by atoms with van der Waals surface area (Å²) in [7, 11) is 0. The molecule has 20 heavy (non-hydrogen) atoms. The van der Waals surface area contributed by atoms with Gasteiger partial charge in [0.2, 0.25) is 11.8 Å². The van der Waals surface area contributed by atoms with Crippen molar-refractivity contribution in [2.24, 2.45) is 0 Å². The van der Waals surface area contributed by atoms with Gasteiger partial charge in [-0.15, -0.1) is 0 Å². The van der Waals surface area contributed by atoms with E-state index < -0.39 is 29.5 Å². The normalized spacial score (nSPS) is 18.9. The van der Waals surface area contributed by atoms with E-state index >= 15 is 0 Å². The van der Waals surface area contributed by atoms with Gasteiger partial charge in [-0.05, 0) is 18.6 Å². The van der Waals surface area contributed by atoms with Crippen molar-refractivity contribution < 1.29 is 24.6 Å². The second-order valence-electron chi connectivity index (χ2n) is 4.47. The number of piperazine rings is 1. The molecule has 2 rings (SSSR count). The minimum atomic E-state index is -0.756. The minimum absolute atomic E-state index is 0.0660. The van der Waals surface area contributed by atoms with Gasteiger partial charge in [0.15, 0.2) is 0 Å². The summed E-state index contributed by atoms with van der Waals surface area (Å²) in [6.45, 7) is 1.47. The van der Waals surface area contributed by atoms with Crippen LogP contribution in [0, 0.1) is 0 Å². The van der Waals surface area contributed by atoms with Crippen LogP contribution in [0.1, 0.15) is 23.7 Å². The number of nitrogens with zero attached hydrogens (tertiary/aromatic N) is 1. The molecule has 1 unspecified atom stereocenters. The Hall–Kier alpha value is -2.57. The van der Waals surface area contributed by atoms with Gasteiger partial charge in [-0.25, -0.2) is 0 Å². The molecule has 1 saturated heterocycles. The van der Waals surface area contributed by atoms with Crippen molar-refractivity contribution >= 4 is 17.7 Å². The number of benzene rings is 1. The van der Waals surface area contributed by atoms with E-state index in [2.05, 4.69) is 5.32 Å². The van der Waals surface area contributed by atoms with E-state index in [1.807, 2.05) is 0 Å². The lowest BCUT2D eigenvalue weighted by molar-refractivity contribution is -0.138. The van der Waals surface area contributed by atoms with Crippen LogP contribution in [0.4, 0.5) is 0 Å². The zero-order chi connectivity index (χ0) is 14.9. The zero-order valence-corrected chi connectivity index (χ0v) is 10.8. The molecule has 1 aromatic carbocycles. The number of phenols is 2. The summed E-state index contributed by atoms with van der Waals surface area (Å²) in [5, 5.41) is 21.1. The summed E-state index contributed by atoms with van der Waals surface area (Å²) in [5.74, 6) is -2.30. The summed E-state index contributed by atoms with van der Waals surface area (Å²) >= 11 is 0. The average Bonchev–Trinajstić information content (AvgIpc) is 2.37. The molecule has 1 aromatic rings. The minimum Gasteiger partial charge on any atom is -0.508 e. The van der Waals surface area contributed by atoms with Crippen LogP contribution < -0.4 is 5.32 Å². The average molecular weight is 278 g/mol. The Morgan fingerprint density at radius 1 is 1.40 bits per heavy atom. The summed E-state index contributed by atoms with van der Waals surface area (Å²) < 4.78 is 0. The molecular weight excluding hydrogens is 264 g/mol. The van der Waals surface area contributed by atoms with Crippen molar-refractivity contribution in [2.45, 2.75) is 19.4 Å². The third kappa shape index (κ3) is 2.42. The van der Waals surface area contributed by atoms with Gasteiger partial charge in [0.05, 0.1) is 5.56 Å². The quantitative estimate of drug-likeness (QED) is 0.659. The second kappa shape index (κ2) is 5.20. The van der Waals surface area contributed by atoms with Gasteiger partial charge < -0.3 is 15.1 Å². The maximum Gasteiger partial charge on any atom is 0.258 e. The van der Waals surface area contributed by atoms with Crippen LogP contribution in [0.25, 0.3) is 0 Å². The van der Waals surface area contributed by atoms with Crippen LogP contribution in [-0.4, -0.2) is 45.4 Å². The number of hydrogen-bond acceptors (Lipinski definition) is 5. The van der Waals surface area contributed by atoms with Gasteiger partial charge in [-0.2, -0.15) is 0 Å². The highest BCUT2D eigenvalue weighted by molar-refractivity contribution is 6.07. The Kier molecular flexibility index (Phi) is 3.60. The Morgan fingerprint density at radius 2 is 2.10 bits per heavy atom. The lowest BCUT2D eigenvalue weighted by atomic mass is 10.1. The van der Waals surface area contributed by atoms with E-state index in [4.69, 9.17) is 0 Å². The fourth-order valence-corrected chi connectivity index (χ4v) is 2.14. The molecule has 1 aliphatic heterocycles. The third-order valence-corrected chi connectivity index (χ3v) is 3.11. The molecule has 0 radical (unpaired) electrons. The molecule has 0 bridgehead atoms. The molecule has 1 atom stereocenters. The number of amides is 3. The summed E-state index contributed by atoms with van der Waals surface area (Å²) in [6.07, 6.45) is 0.351. The van der Waals surface area contributed by atoms with E-state index in [0.29, 0.717) is 6.42 Å². The number of carbonyl (C=O) groups excluding carboxylic acids is 3. The van der Waals surface area contributed by atoms with Gasteiger partial charge in [-0.3, -0.25) is 19.7 Å². The molecule has 0 aliphatic carbocycles. The summed E-state index contributed by atoms with van der Waals surface area (Å²) in [5.41, 5.74) is -0.0660. The molecule has 0 aromatic heterocycles. The van der Waals surface area contributed by atoms with Gasteiger partial charge in [0, 0.05) is 6.07 Å². The van der Waals surface area contributed by atoms with E-state index in [1.54, 1.807) is 6.92 Å². The lowest BCUT2D eigenvalue weighted by Gasteiger charge is -2.33. The second-order valence-corrected chi connectivity index (χ2v) is 4.47. The first-order valence-corrected chi connectivity index (χ1v) is 6.10. The lowest BCUT2D eigenvalue weighted by Crippen LogP contribution is -2.59. The van der Waals surface area contributed by atoms with Gasteiger partial charge in [0.25, 0.3) is 5.91 Å². The fraction of sp³-hybridized carbons (Fsp3) is 0.308. The Bertz CT molecular complexity index is 584. The van der Waals surface area contributed by atoms with E-state index in [0.717, 1.165) is 11.0 Å². The van der Waals surface area contributed by atoms with Crippen LogP contribution in [0.2, 0.25) is 0 Å². The molecule has 1 fully saturated rings. The summed E-state index contributed by atoms with van der Waals surface area (Å²) in [4.78, 5) is 36.5. The predicted octanol–water partition coefficient (Wildman–Crippen LogP) is -0.0250. The van der Waals surface area contributed by atoms with Crippen molar-refractivity contribution in [3.8, 4) is 11.5 Å². The topological polar surface area (TPSA) is 107 Å². The SMILES string of the molecule is CCC1C(=O)NC(=O)CN1C(=O)c1ccc(O)cc1O. The van der Waals surface area contributed by atoms with E-state index in [-0.39, 0.29) is 17.9 Å². The van der Waals surface area contributed by atoms with E-state index in [1.165, 1.54) is 12.1 Å². The Morgan fingerprint density at radius 3 is 2.70 bits per heavy atom. The van der Waals surface area contributed by atoms with Crippen LogP contribution in [0.15, 0.2) is 18.2 Å². The zero-order valence-electron chi connectivity index (χ0n) is 10.8. The molecule has 0 spiro atoms. The molecule has 7 heteroatoms. The van der Waals surface area contributed by atoms with Crippen LogP contribution in [-0.2, 0) is 9.59 Å². The van der Waals surface area contributed by atoms with Crippen LogP contribution >= 0.6 is 0 Å². The number of rotatable bonds is 2.